The van der Waals surface area contributed by atoms with Gasteiger partial charge in [-0.3, -0.25) is 0 Å². The van der Waals surface area contributed by atoms with Crippen molar-refractivity contribution in [2.75, 3.05) is 19.1 Å². The molecule has 0 aliphatic carbocycles. The van der Waals surface area contributed by atoms with E-state index in [1.807, 2.05) is 6.07 Å². The standard InChI is InChI=1S/C14H18BrClO2/c1-14(2,4-5-16)10-8-12-13(9-11(10)15)18-7-3-6-17-12/h8-9H,3-7H2,1-2H3. The average Bonchev–Trinajstić information content (AvgIpc) is 2.52. The lowest BCUT2D eigenvalue weighted by molar-refractivity contribution is 0.296. The topological polar surface area (TPSA) is 18.5 Å². The van der Waals surface area contributed by atoms with Gasteiger partial charge in [0.05, 0.1) is 13.2 Å². The summed E-state index contributed by atoms with van der Waals surface area (Å²) in [6.45, 7) is 5.81. The molecule has 0 atom stereocenters. The van der Waals surface area contributed by atoms with E-state index in [4.69, 9.17) is 21.1 Å². The van der Waals surface area contributed by atoms with Crippen LogP contribution in [0.1, 0.15) is 32.3 Å². The van der Waals surface area contributed by atoms with E-state index >= 15 is 0 Å². The van der Waals surface area contributed by atoms with Crippen molar-refractivity contribution in [3.05, 3.63) is 22.2 Å². The molecule has 1 aliphatic rings. The lowest BCUT2D eigenvalue weighted by Crippen LogP contribution is -2.18. The predicted molar refractivity (Wildman–Crippen MR) is 78.1 cm³/mol. The third kappa shape index (κ3) is 2.94. The number of alkyl halides is 1. The fourth-order valence-electron chi connectivity index (χ4n) is 2.07. The van der Waals surface area contributed by atoms with Crippen LogP contribution in [0, 0.1) is 0 Å². The molecule has 0 saturated carbocycles. The van der Waals surface area contributed by atoms with Crippen molar-refractivity contribution in [2.45, 2.75) is 32.1 Å². The molecule has 2 nitrogen and oxygen atoms in total. The van der Waals surface area contributed by atoms with E-state index in [1.54, 1.807) is 0 Å². The fourth-order valence-corrected chi connectivity index (χ4v) is 3.40. The highest BCUT2D eigenvalue weighted by Gasteiger charge is 2.25. The number of ether oxygens (including phenoxy) is 2. The summed E-state index contributed by atoms with van der Waals surface area (Å²) in [7, 11) is 0. The molecule has 18 heavy (non-hydrogen) atoms. The molecular weight excluding hydrogens is 316 g/mol. The average molecular weight is 334 g/mol. The van der Waals surface area contributed by atoms with Crippen LogP contribution in [0.2, 0.25) is 0 Å². The quantitative estimate of drug-likeness (QED) is 0.757. The van der Waals surface area contributed by atoms with Crippen LogP contribution in [-0.2, 0) is 5.41 Å². The molecule has 1 aromatic carbocycles. The number of benzene rings is 1. The first-order valence-electron chi connectivity index (χ1n) is 6.20. The van der Waals surface area contributed by atoms with Crippen LogP contribution < -0.4 is 9.47 Å². The van der Waals surface area contributed by atoms with E-state index in [-0.39, 0.29) is 5.41 Å². The number of hydrogen-bond donors (Lipinski definition) is 0. The zero-order chi connectivity index (χ0) is 13.2. The van der Waals surface area contributed by atoms with Gasteiger partial charge in [0.2, 0.25) is 0 Å². The molecule has 0 bridgehead atoms. The highest BCUT2D eigenvalue weighted by Crippen LogP contribution is 2.41. The van der Waals surface area contributed by atoms with E-state index in [0.29, 0.717) is 19.1 Å². The molecule has 0 unspecified atom stereocenters. The van der Waals surface area contributed by atoms with Gasteiger partial charge >= 0.3 is 0 Å². The van der Waals surface area contributed by atoms with E-state index in [2.05, 4.69) is 35.8 Å². The van der Waals surface area contributed by atoms with Crippen molar-refractivity contribution in [1.82, 2.24) is 0 Å². The lowest BCUT2D eigenvalue weighted by Gasteiger charge is -2.26. The van der Waals surface area contributed by atoms with Crippen LogP contribution in [0.3, 0.4) is 0 Å². The van der Waals surface area contributed by atoms with Gasteiger partial charge in [-0.2, -0.15) is 0 Å². The monoisotopic (exact) mass is 332 g/mol. The highest BCUT2D eigenvalue weighted by molar-refractivity contribution is 9.10. The molecule has 100 valence electrons. The second-order valence-corrected chi connectivity index (χ2v) is 6.38. The third-order valence-electron chi connectivity index (χ3n) is 3.29. The number of fused-ring (bicyclic) bond motifs is 1. The Morgan fingerprint density at radius 1 is 1.22 bits per heavy atom. The lowest BCUT2D eigenvalue weighted by atomic mass is 9.82. The summed E-state index contributed by atoms with van der Waals surface area (Å²) in [5.74, 6) is 2.31. The molecule has 0 radical (unpaired) electrons. The summed E-state index contributed by atoms with van der Waals surface area (Å²) < 4.78 is 12.5. The second kappa shape index (κ2) is 5.70. The van der Waals surface area contributed by atoms with Crippen molar-refractivity contribution < 1.29 is 9.47 Å². The summed E-state index contributed by atoms with van der Waals surface area (Å²) in [4.78, 5) is 0. The van der Waals surface area contributed by atoms with Crippen molar-refractivity contribution in [3.8, 4) is 11.5 Å². The molecule has 0 saturated heterocycles. The predicted octanol–water partition coefficient (Wildman–Crippen LogP) is 4.52. The Hall–Kier alpha value is -0.410. The summed E-state index contributed by atoms with van der Waals surface area (Å²) >= 11 is 9.51. The van der Waals surface area contributed by atoms with Crippen molar-refractivity contribution in [2.24, 2.45) is 0 Å². The Bertz CT molecular complexity index is 432. The molecule has 1 aliphatic heterocycles. The molecular formula is C14H18BrClO2. The highest BCUT2D eigenvalue weighted by atomic mass is 79.9. The molecule has 0 spiro atoms. The first kappa shape index (κ1) is 14.0. The van der Waals surface area contributed by atoms with Crippen LogP contribution in [0.5, 0.6) is 11.5 Å². The van der Waals surface area contributed by atoms with Gasteiger partial charge in [-0.25, -0.2) is 0 Å². The number of hydrogen-bond acceptors (Lipinski definition) is 2. The van der Waals surface area contributed by atoms with E-state index in [0.717, 1.165) is 28.8 Å². The third-order valence-corrected chi connectivity index (χ3v) is 4.13. The summed E-state index contributed by atoms with van der Waals surface area (Å²) in [6, 6.07) is 4.09. The Morgan fingerprint density at radius 2 is 1.83 bits per heavy atom. The van der Waals surface area contributed by atoms with Crippen molar-refractivity contribution in [3.63, 3.8) is 0 Å². The zero-order valence-electron chi connectivity index (χ0n) is 10.8. The van der Waals surface area contributed by atoms with E-state index in [1.165, 1.54) is 5.56 Å². The molecule has 1 aromatic rings. The van der Waals surface area contributed by atoms with Gasteiger partial charge in [0.1, 0.15) is 0 Å². The smallest absolute Gasteiger partial charge is 0.162 e. The summed E-state index contributed by atoms with van der Waals surface area (Å²) in [5.41, 5.74) is 1.23. The minimum absolute atomic E-state index is 0.0191. The van der Waals surface area contributed by atoms with Crippen LogP contribution in [0.4, 0.5) is 0 Å². The van der Waals surface area contributed by atoms with Crippen LogP contribution in [0.25, 0.3) is 0 Å². The molecule has 1 heterocycles. The Kier molecular flexibility index (Phi) is 4.44. The van der Waals surface area contributed by atoms with Gasteiger partial charge < -0.3 is 9.47 Å². The molecule has 4 heteroatoms. The zero-order valence-corrected chi connectivity index (χ0v) is 13.1. The fraction of sp³-hybridized carbons (Fsp3) is 0.571. The van der Waals surface area contributed by atoms with E-state index in [9.17, 15) is 0 Å². The van der Waals surface area contributed by atoms with Gasteiger partial charge in [-0.05, 0) is 29.5 Å². The van der Waals surface area contributed by atoms with Crippen molar-refractivity contribution >= 4 is 27.5 Å². The second-order valence-electron chi connectivity index (χ2n) is 5.15. The maximum Gasteiger partial charge on any atom is 0.162 e. The Balaban J connectivity index is 2.40. The normalized spacial score (nSPS) is 15.3. The van der Waals surface area contributed by atoms with Crippen LogP contribution >= 0.6 is 27.5 Å². The SMILES string of the molecule is CC(C)(CCCl)c1cc2c(cc1Br)OCCCO2. The summed E-state index contributed by atoms with van der Waals surface area (Å²) in [6.07, 6.45) is 1.85. The number of rotatable bonds is 3. The largest absolute Gasteiger partial charge is 0.490 e. The molecule has 0 amide bonds. The maximum absolute atomic E-state index is 5.89. The minimum atomic E-state index is 0.0191. The molecule has 0 N–H and O–H groups in total. The first-order chi connectivity index (χ1) is 8.54. The van der Waals surface area contributed by atoms with Gasteiger partial charge in [0.15, 0.2) is 11.5 Å². The van der Waals surface area contributed by atoms with Gasteiger partial charge in [-0.15, -0.1) is 11.6 Å². The molecule has 0 aromatic heterocycles. The van der Waals surface area contributed by atoms with E-state index < -0.39 is 0 Å². The Labute approximate surface area is 122 Å². The van der Waals surface area contributed by atoms with Crippen molar-refractivity contribution in [1.29, 1.82) is 0 Å². The minimum Gasteiger partial charge on any atom is -0.490 e. The van der Waals surface area contributed by atoms with Gasteiger partial charge in [0.25, 0.3) is 0 Å². The van der Waals surface area contributed by atoms with Crippen LogP contribution in [0.15, 0.2) is 16.6 Å². The molecule has 2 rings (SSSR count). The first-order valence-corrected chi connectivity index (χ1v) is 7.53. The van der Waals surface area contributed by atoms with Gasteiger partial charge in [0, 0.05) is 16.8 Å². The molecule has 0 fully saturated rings. The summed E-state index contributed by atoms with van der Waals surface area (Å²) in [5, 5.41) is 0. The van der Waals surface area contributed by atoms with Gasteiger partial charge in [-0.1, -0.05) is 29.8 Å². The maximum atomic E-state index is 5.89. The number of halogens is 2. The van der Waals surface area contributed by atoms with Crippen LogP contribution in [-0.4, -0.2) is 19.1 Å². The Morgan fingerprint density at radius 3 is 2.44 bits per heavy atom.